The maximum atomic E-state index is 12.4. The average molecular weight is 265 g/mol. The van der Waals surface area contributed by atoms with Crippen molar-refractivity contribution in [1.29, 1.82) is 5.26 Å². The van der Waals surface area contributed by atoms with Crippen LogP contribution in [0, 0.1) is 17.2 Å². The van der Waals surface area contributed by atoms with Gasteiger partial charge in [0.1, 0.15) is 6.04 Å². The minimum absolute atomic E-state index is 0.0309. The second-order valence-electron chi connectivity index (χ2n) is 6.58. The van der Waals surface area contributed by atoms with Crippen molar-refractivity contribution in [3.63, 3.8) is 0 Å². The predicted molar refractivity (Wildman–Crippen MR) is 76.5 cm³/mol. The number of hydrogen-bond acceptors (Lipinski definition) is 3. The number of amides is 1. The summed E-state index contributed by atoms with van der Waals surface area (Å²) in [4.78, 5) is 16.4. The van der Waals surface area contributed by atoms with Crippen LogP contribution in [0.3, 0.4) is 0 Å². The largest absolute Gasteiger partial charge is 0.344 e. The van der Waals surface area contributed by atoms with Crippen LogP contribution >= 0.6 is 0 Å². The van der Waals surface area contributed by atoms with Crippen molar-refractivity contribution in [2.24, 2.45) is 5.92 Å². The van der Waals surface area contributed by atoms with Gasteiger partial charge in [-0.05, 0) is 39.2 Å². The predicted octanol–water partition coefficient (Wildman–Crippen LogP) is 2.26. The molecule has 19 heavy (non-hydrogen) atoms. The summed E-state index contributed by atoms with van der Waals surface area (Å²) in [6, 6.07) is 1.90. The van der Waals surface area contributed by atoms with Crippen molar-refractivity contribution in [3.8, 4) is 6.07 Å². The van der Waals surface area contributed by atoms with Crippen molar-refractivity contribution in [1.82, 2.24) is 9.80 Å². The van der Waals surface area contributed by atoms with Gasteiger partial charge < -0.3 is 4.90 Å². The van der Waals surface area contributed by atoms with Crippen molar-refractivity contribution < 1.29 is 4.79 Å². The smallest absolute Gasteiger partial charge is 0.240 e. The fraction of sp³-hybridized carbons (Fsp3) is 0.867. The van der Waals surface area contributed by atoms with Crippen LogP contribution in [0.1, 0.15) is 47.0 Å². The van der Waals surface area contributed by atoms with Gasteiger partial charge in [0, 0.05) is 19.1 Å². The first-order chi connectivity index (χ1) is 8.79. The lowest BCUT2D eigenvalue weighted by Crippen LogP contribution is -2.53. The Hall–Kier alpha value is -1.08. The summed E-state index contributed by atoms with van der Waals surface area (Å²) in [5.41, 5.74) is -0.0309. The SMILES string of the molecule is CC(C)CCN1C(CC#N)C(=O)N(C)CCC1(C)C. The number of likely N-dealkylation sites (N-methyl/N-ethyl adjacent to an activating group) is 1. The van der Waals surface area contributed by atoms with E-state index in [2.05, 4.69) is 38.7 Å². The van der Waals surface area contributed by atoms with E-state index in [9.17, 15) is 4.79 Å². The summed E-state index contributed by atoms with van der Waals surface area (Å²) in [5, 5.41) is 9.03. The Morgan fingerprint density at radius 1 is 1.47 bits per heavy atom. The number of hydrogen-bond donors (Lipinski definition) is 0. The Morgan fingerprint density at radius 3 is 2.63 bits per heavy atom. The molecule has 0 radical (unpaired) electrons. The summed E-state index contributed by atoms with van der Waals surface area (Å²) >= 11 is 0. The van der Waals surface area contributed by atoms with E-state index >= 15 is 0 Å². The molecule has 1 aliphatic rings. The molecule has 1 heterocycles. The monoisotopic (exact) mass is 265 g/mol. The first-order valence-electron chi connectivity index (χ1n) is 7.18. The lowest BCUT2D eigenvalue weighted by Gasteiger charge is -2.40. The minimum atomic E-state index is -0.286. The van der Waals surface area contributed by atoms with Gasteiger partial charge in [-0.3, -0.25) is 9.69 Å². The molecule has 4 heteroatoms. The van der Waals surface area contributed by atoms with Gasteiger partial charge in [0.15, 0.2) is 0 Å². The summed E-state index contributed by atoms with van der Waals surface area (Å²) < 4.78 is 0. The highest BCUT2D eigenvalue weighted by atomic mass is 16.2. The van der Waals surface area contributed by atoms with Gasteiger partial charge in [0.2, 0.25) is 5.91 Å². The van der Waals surface area contributed by atoms with Gasteiger partial charge in [-0.2, -0.15) is 5.26 Å². The van der Waals surface area contributed by atoms with Crippen molar-refractivity contribution in [2.45, 2.75) is 58.5 Å². The van der Waals surface area contributed by atoms with E-state index in [1.807, 2.05) is 7.05 Å². The Morgan fingerprint density at radius 2 is 2.11 bits per heavy atom. The molecule has 0 bridgehead atoms. The molecule has 1 rings (SSSR count). The van der Waals surface area contributed by atoms with Gasteiger partial charge in [0.25, 0.3) is 0 Å². The minimum Gasteiger partial charge on any atom is -0.344 e. The molecular weight excluding hydrogens is 238 g/mol. The maximum absolute atomic E-state index is 12.4. The Kier molecular flexibility index (Phi) is 5.37. The van der Waals surface area contributed by atoms with Crippen LogP contribution in [-0.2, 0) is 4.79 Å². The molecule has 1 amide bonds. The van der Waals surface area contributed by atoms with Gasteiger partial charge in [0.05, 0.1) is 12.5 Å². The highest BCUT2D eigenvalue weighted by molar-refractivity contribution is 5.82. The first-order valence-corrected chi connectivity index (χ1v) is 7.18. The second-order valence-corrected chi connectivity index (χ2v) is 6.58. The summed E-state index contributed by atoms with van der Waals surface area (Å²) in [6.07, 6.45) is 2.29. The lowest BCUT2D eigenvalue weighted by atomic mass is 9.95. The normalized spacial score (nSPS) is 24.4. The van der Waals surface area contributed by atoms with Crippen molar-refractivity contribution in [2.75, 3.05) is 20.1 Å². The molecule has 0 aromatic rings. The third-order valence-corrected chi connectivity index (χ3v) is 4.11. The lowest BCUT2D eigenvalue weighted by molar-refractivity contribution is -0.135. The molecule has 1 fully saturated rings. The third kappa shape index (κ3) is 3.94. The second kappa shape index (κ2) is 6.38. The molecule has 0 aromatic heterocycles. The fourth-order valence-corrected chi connectivity index (χ4v) is 2.64. The van der Waals surface area contributed by atoms with Gasteiger partial charge in [-0.15, -0.1) is 0 Å². The number of rotatable bonds is 4. The van der Waals surface area contributed by atoms with E-state index in [-0.39, 0.29) is 23.9 Å². The zero-order chi connectivity index (χ0) is 14.6. The van der Waals surface area contributed by atoms with Crippen LogP contribution in [0.2, 0.25) is 0 Å². The number of carbonyl (C=O) groups excluding carboxylic acids is 1. The van der Waals surface area contributed by atoms with Crippen LogP contribution in [0.25, 0.3) is 0 Å². The molecule has 1 atom stereocenters. The highest BCUT2D eigenvalue weighted by Crippen LogP contribution is 2.28. The van der Waals surface area contributed by atoms with E-state index in [0.29, 0.717) is 5.92 Å². The topological polar surface area (TPSA) is 47.3 Å². The third-order valence-electron chi connectivity index (χ3n) is 4.11. The molecule has 0 saturated carbocycles. The zero-order valence-corrected chi connectivity index (χ0v) is 12.9. The molecule has 0 N–H and O–H groups in total. The molecular formula is C15H27N3O. The molecule has 0 spiro atoms. The number of carbonyl (C=O) groups is 1. The van der Waals surface area contributed by atoms with E-state index in [1.165, 1.54) is 0 Å². The molecule has 4 nitrogen and oxygen atoms in total. The quantitative estimate of drug-likeness (QED) is 0.783. The molecule has 108 valence electrons. The molecule has 1 aliphatic heterocycles. The Bertz CT molecular complexity index is 357. The van der Waals surface area contributed by atoms with Crippen LogP contribution in [0.4, 0.5) is 0 Å². The maximum Gasteiger partial charge on any atom is 0.240 e. The van der Waals surface area contributed by atoms with E-state index in [0.717, 1.165) is 25.9 Å². The summed E-state index contributed by atoms with van der Waals surface area (Å²) in [6.45, 7) is 10.4. The highest BCUT2D eigenvalue weighted by Gasteiger charge is 2.40. The van der Waals surface area contributed by atoms with Crippen LogP contribution in [-0.4, -0.2) is 47.4 Å². The van der Waals surface area contributed by atoms with Gasteiger partial charge >= 0.3 is 0 Å². The fourth-order valence-electron chi connectivity index (χ4n) is 2.64. The first kappa shape index (κ1) is 16.0. The standard InChI is InChI=1S/C15H27N3O/c1-12(2)7-10-18-13(6-9-16)14(19)17(5)11-8-15(18,3)4/h12-13H,6-8,10-11H2,1-5H3. The number of nitriles is 1. The van der Waals surface area contributed by atoms with Crippen LogP contribution in [0.5, 0.6) is 0 Å². The molecule has 0 aliphatic carbocycles. The molecule has 1 unspecified atom stereocenters. The van der Waals surface area contributed by atoms with Crippen LogP contribution < -0.4 is 0 Å². The average Bonchev–Trinajstić information content (AvgIpc) is 2.39. The zero-order valence-electron chi connectivity index (χ0n) is 12.9. The number of nitrogens with zero attached hydrogens (tertiary/aromatic N) is 3. The molecule has 1 saturated heterocycles. The summed E-state index contributed by atoms with van der Waals surface area (Å²) in [5.74, 6) is 0.700. The molecule has 0 aromatic carbocycles. The van der Waals surface area contributed by atoms with Crippen LogP contribution in [0.15, 0.2) is 0 Å². The van der Waals surface area contributed by atoms with E-state index < -0.39 is 0 Å². The van der Waals surface area contributed by atoms with Gasteiger partial charge in [-0.25, -0.2) is 0 Å². The summed E-state index contributed by atoms with van der Waals surface area (Å²) in [7, 11) is 1.84. The Balaban J connectivity index is 2.99. The Labute approximate surface area is 117 Å². The van der Waals surface area contributed by atoms with E-state index in [1.54, 1.807) is 4.90 Å². The van der Waals surface area contributed by atoms with E-state index in [4.69, 9.17) is 5.26 Å². The van der Waals surface area contributed by atoms with Gasteiger partial charge in [-0.1, -0.05) is 13.8 Å². The van der Waals surface area contributed by atoms with Crippen molar-refractivity contribution >= 4 is 5.91 Å². The van der Waals surface area contributed by atoms with Crippen molar-refractivity contribution in [3.05, 3.63) is 0 Å².